The molecule has 1 aromatic heterocycles. The number of tetrazole rings is 1. The molecule has 3 rings (SSSR count). The highest BCUT2D eigenvalue weighted by molar-refractivity contribution is 6.39. The molecule has 1 heterocycles. The van der Waals surface area contributed by atoms with Crippen molar-refractivity contribution in [2.45, 2.75) is 13.5 Å². The van der Waals surface area contributed by atoms with Gasteiger partial charge in [-0.1, -0.05) is 53.5 Å². The van der Waals surface area contributed by atoms with Crippen molar-refractivity contribution in [2.24, 2.45) is 5.10 Å². The summed E-state index contributed by atoms with van der Waals surface area (Å²) in [5.41, 5.74) is 11.1. The molecule has 9 heteroatoms. The Morgan fingerprint density at radius 3 is 2.56 bits per heavy atom. The summed E-state index contributed by atoms with van der Waals surface area (Å²) in [7, 11) is 0. The van der Waals surface area contributed by atoms with Crippen LogP contribution in [0.3, 0.4) is 0 Å². The van der Waals surface area contributed by atoms with Crippen molar-refractivity contribution in [1.82, 2.24) is 20.2 Å². The molecule has 3 aromatic rings. The monoisotopic (exact) mass is 375 g/mol. The van der Waals surface area contributed by atoms with Crippen LogP contribution in [-0.2, 0) is 6.54 Å². The fraction of sp³-hybridized carbons (Fsp3) is 0.125. The molecule has 0 aliphatic carbocycles. The summed E-state index contributed by atoms with van der Waals surface area (Å²) in [5, 5.41) is 17.5. The molecule has 0 bridgehead atoms. The van der Waals surface area contributed by atoms with E-state index in [-0.39, 0.29) is 0 Å². The van der Waals surface area contributed by atoms with E-state index in [2.05, 4.69) is 25.9 Å². The first-order valence-corrected chi connectivity index (χ1v) is 8.15. The molecular formula is C16H15Cl2N7. The molecule has 0 unspecified atom stereocenters. The normalized spacial score (nSPS) is 11.6. The Labute approximate surface area is 154 Å². The molecule has 25 heavy (non-hydrogen) atoms. The Morgan fingerprint density at radius 2 is 1.88 bits per heavy atom. The molecule has 3 N–H and O–H groups in total. The van der Waals surface area contributed by atoms with Gasteiger partial charge in [0.2, 0.25) is 5.82 Å². The average Bonchev–Trinajstić information content (AvgIpc) is 3.03. The van der Waals surface area contributed by atoms with Gasteiger partial charge in [0.1, 0.15) is 6.54 Å². The van der Waals surface area contributed by atoms with Gasteiger partial charge in [0.05, 0.1) is 21.4 Å². The Bertz CT molecular complexity index is 883. The van der Waals surface area contributed by atoms with E-state index in [9.17, 15) is 0 Å². The van der Waals surface area contributed by atoms with Gasteiger partial charge in [-0.3, -0.25) is 5.43 Å². The molecule has 0 saturated heterocycles. The molecule has 0 spiro atoms. The highest BCUT2D eigenvalue weighted by Gasteiger charge is 2.08. The molecule has 0 fully saturated rings. The van der Waals surface area contributed by atoms with Crippen LogP contribution in [0.5, 0.6) is 0 Å². The van der Waals surface area contributed by atoms with E-state index in [1.807, 2.05) is 37.3 Å². The van der Waals surface area contributed by atoms with Gasteiger partial charge < -0.3 is 5.73 Å². The summed E-state index contributed by atoms with van der Waals surface area (Å²) < 4.78 is 0. The predicted octanol–water partition coefficient (Wildman–Crippen LogP) is 3.72. The van der Waals surface area contributed by atoms with Gasteiger partial charge >= 0.3 is 0 Å². The Hall–Kier alpha value is -2.64. The van der Waals surface area contributed by atoms with Gasteiger partial charge in [0.15, 0.2) is 0 Å². The first-order chi connectivity index (χ1) is 12.0. The summed E-state index contributed by atoms with van der Waals surface area (Å²) in [6, 6.07) is 12.8. The number of hydrogen-bond acceptors (Lipinski definition) is 6. The minimum Gasteiger partial charge on any atom is -0.399 e. The highest BCUT2D eigenvalue weighted by Crippen LogP contribution is 2.32. The lowest BCUT2D eigenvalue weighted by Crippen LogP contribution is -2.12. The number of nitrogens with zero attached hydrogens (tertiary/aromatic N) is 5. The lowest BCUT2D eigenvalue weighted by molar-refractivity contribution is 0.597. The summed E-state index contributed by atoms with van der Waals surface area (Å²) in [5.74, 6) is 0.561. The second-order valence-electron chi connectivity index (χ2n) is 5.33. The molecule has 128 valence electrons. The van der Waals surface area contributed by atoms with Crippen LogP contribution in [0.15, 0.2) is 47.6 Å². The van der Waals surface area contributed by atoms with Gasteiger partial charge in [-0.2, -0.15) is 9.90 Å². The third-order valence-electron chi connectivity index (χ3n) is 3.28. The van der Waals surface area contributed by atoms with Gasteiger partial charge in [-0.15, -0.1) is 10.2 Å². The standard InChI is InChI=1S/C16H15Cl2N7/c1-10(20-21-15-13(17)7-12(19)8-14(15)18)9-25-23-16(22-24-25)11-5-3-2-4-6-11/h2-8,21H,9,19H2,1H3/b20-10+. The third-order valence-corrected chi connectivity index (χ3v) is 3.87. The van der Waals surface area contributed by atoms with Crippen molar-refractivity contribution in [2.75, 3.05) is 11.2 Å². The smallest absolute Gasteiger partial charge is 0.204 e. The number of rotatable bonds is 5. The summed E-state index contributed by atoms with van der Waals surface area (Å²) in [4.78, 5) is 1.47. The maximum absolute atomic E-state index is 6.11. The zero-order valence-corrected chi connectivity index (χ0v) is 14.8. The van der Waals surface area contributed by atoms with Crippen LogP contribution in [0.4, 0.5) is 11.4 Å². The zero-order chi connectivity index (χ0) is 17.8. The van der Waals surface area contributed by atoms with Gasteiger partial charge in [-0.25, -0.2) is 0 Å². The van der Waals surface area contributed by atoms with E-state index in [1.165, 1.54) is 4.80 Å². The molecule has 2 aromatic carbocycles. The number of nitrogens with one attached hydrogen (secondary N) is 1. The van der Waals surface area contributed by atoms with Crippen molar-refractivity contribution >= 4 is 40.3 Å². The number of hydrogen-bond donors (Lipinski definition) is 2. The first kappa shape index (κ1) is 17.2. The topological polar surface area (TPSA) is 94.0 Å². The van der Waals surface area contributed by atoms with Crippen LogP contribution in [0.25, 0.3) is 11.4 Å². The summed E-state index contributed by atoms with van der Waals surface area (Å²) in [6.45, 7) is 2.20. The highest BCUT2D eigenvalue weighted by atomic mass is 35.5. The molecule has 7 nitrogen and oxygen atoms in total. The van der Waals surface area contributed by atoms with E-state index in [0.717, 1.165) is 11.3 Å². The van der Waals surface area contributed by atoms with Crippen LogP contribution in [0.1, 0.15) is 6.92 Å². The second-order valence-corrected chi connectivity index (χ2v) is 6.14. The fourth-order valence-electron chi connectivity index (χ4n) is 2.10. The number of halogens is 2. The van der Waals surface area contributed by atoms with Gasteiger partial charge in [0.25, 0.3) is 0 Å². The Balaban J connectivity index is 1.70. The molecule has 0 saturated carbocycles. The van der Waals surface area contributed by atoms with E-state index < -0.39 is 0 Å². The van der Waals surface area contributed by atoms with Crippen LogP contribution >= 0.6 is 23.2 Å². The summed E-state index contributed by atoms with van der Waals surface area (Å²) in [6.07, 6.45) is 0. The van der Waals surface area contributed by atoms with Crippen LogP contribution in [0.2, 0.25) is 10.0 Å². The summed E-state index contributed by atoms with van der Waals surface area (Å²) >= 11 is 12.2. The van der Waals surface area contributed by atoms with Crippen LogP contribution in [-0.4, -0.2) is 25.9 Å². The van der Waals surface area contributed by atoms with Crippen LogP contribution < -0.4 is 11.2 Å². The van der Waals surface area contributed by atoms with Crippen molar-refractivity contribution in [3.05, 3.63) is 52.5 Å². The number of nitrogen functional groups attached to an aromatic ring is 1. The fourth-order valence-corrected chi connectivity index (χ4v) is 2.69. The SMILES string of the molecule is C/C(Cn1nnc(-c2ccccc2)n1)=N\Nc1c(Cl)cc(N)cc1Cl. The lowest BCUT2D eigenvalue weighted by Gasteiger charge is -2.08. The molecule has 0 amide bonds. The van der Waals surface area contributed by atoms with E-state index in [1.54, 1.807) is 12.1 Å². The molecule has 0 atom stereocenters. The van der Waals surface area contributed by atoms with Crippen molar-refractivity contribution < 1.29 is 0 Å². The first-order valence-electron chi connectivity index (χ1n) is 7.40. The minimum atomic E-state index is 0.372. The Kier molecular flexibility index (Phi) is 5.16. The largest absolute Gasteiger partial charge is 0.399 e. The van der Waals surface area contributed by atoms with E-state index in [0.29, 0.717) is 33.8 Å². The average molecular weight is 376 g/mol. The predicted molar refractivity (Wildman–Crippen MR) is 101 cm³/mol. The molecule has 0 aliphatic heterocycles. The van der Waals surface area contributed by atoms with Crippen molar-refractivity contribution in [3.8, 4) is 11.4 Å². The quantitative estimate of drug-likeness (QED) is 0.402. The number of hydrazone groups is 1. The van der Waals surface area contributed by atoms with Crippen molar-refractivity contribution in [1.29, 1.82) is 0 Å². The third kappa shape index (κ3) is 4.26. The van der Waals surface area contributed by atoms with Crippen molar-refractivity contribution in [3.63, 3.8) is 0 Å². The van der Waals surface area contributed by atoms with E-state index in [4.69, 9.17) is 28.9 Å². The second kappa shape index (κ2) is 7.50. The molecular weight excluding hydrogens is 361 g/mol. The van der Waals surface area contributed by atoms with E-state index >= 15 is 0 Å². The lowest BCUT2D eigenvalue weighted by atomic mass is 10.2. The number of nitrogens with two attached hydrogens (primary N) is 1. The molecule has 0 aliphatic rings. The number of benzene rings is 2. The minimum absolute atomic E-state index is 0.372. The van der Waals surface area contributed by atoms with Gasteiger partial charge in [-0.05, 0) is 24.3 Å². The van der Waals surface area contributed by atoms with Crippen LogP contribution in [0, 0.1) is 0 Å². The zero-order valence-electron chi connectivity index (χ0n) is 13.3. The number of anilines is 2. The number of aromatic nitrogens is 4. The molecule has 0 radical (unpaired) electrons. The van der Waals surface area contributed by atoms with Gasteiger partial charge in [0, 0.05) is 11.3 Å². The maximum atomic E-state index is 6.11. The maximum Gasteiger partial charge on any atom is 0.204 e. The Morgan fingerprint density at radius 1 is 1.20 bits per heavy atom.